The predicted molar refractivity (Wildman–Crippen MR) is 51.7 cm³/mol. The summed E-state index contributed by atoms with van der Waals surface area (Å²) in [6, 6.07) is 0. The Hall–Kier alpha value is -0.940. The van der Waals surface area contributed by atoms with Crippen molar-refractivity contribution in [3.05, 3.63) is 11.9 Å². The van der Waals surface area contributed by atoms with Gasteiger partial charge in [-0.15, -0.1) is 0 Å². The van der Waals surface area contributed by atoms with Gasteiger partial charge in [-0.2, -0.15) is 15.4 Å². The number of hydrogen-bond donors (Lipinski definition) is 2. The molecule has 0 fully saturated rings. The molecule has 1 aromatic heterocycles. The van der Waals surface area contributed by atoms with Crippen molar-refractivity contribution in [3.63, 3.8) is 0 Å². The summed E-state index contributed by atoms with van der Waals surface area (Å²) in [4.78, 5) is 0. The number of H-pyrrole nitrogens is 1. The summed E-state index contributed by atoms with van der Waals surface area (Å²) in [6.45, 7) is 3.98. The van der Waals surface area contributed by atoms with E-state index in [4.69, 9.17) is 4.74 Å². The quantitative estimate of drug-likeness (QED) is 0.743. The van der Waals surface area contributed by atoms with Crippen LogP contribution in [0.4, 0.5) is 0 Å². The predicted octanol–water partition coefficient (Wildman–Crippen LogP) is 1.04. The molecule has 0 saturated carbocycles. The number of aromatic amines is 1. The minimum Gasteiger partial charge on any atom is -0.387 e. The topological polar surface area (TPSA) is 71.0 Å². The van der Waals surface area contributed by atoms with E-state index in [0.29, 0.717) is 12.1 Å². The smallest absolute Gasteiger partial charge is 0.111 e. The van der Waals surface area contributed by atoms with Crippen LogP contribution < -0.4 is 0 Å². The number of aliphatic hydroxyl groups excluding tert-OH is 1. The van der Waals surface area contributed by atoms with Crippen LogP contribution in [0.3, 0.4) is 0 Å². The number of rotatable bonds is 5. The lowest BCUT2D eigenvalue weighted by molar-refractivity contribution is 0.00241. The molecule has 1 unspecified atom stereocenters. The zero-order chi connectivity index (χ0) is 10.6. The number of methoxy groups -OCH3 is 1. The first kappa shape index (κ1) is 11.1. The molecule has 0 saturated heterocycles. The minimum atomic E-state index is -0.567. The van der Waals surface area contributed by atoms with Gasteiger partial charge in [-0.1, -0.05) is 0 Å². The fraction of sp³-hybridized carbons (Fsp3) is 0.778. The summed E-state index contributed by atoms with van der Waals surface area (Å²) in [5, 5.41) is 19.6. The summed E-state index contributed by atoms with van der Waals surface area (Å²) in [5.41, 5.74) is 0.377. The maximum atomic E-state index is 9.69. The molecule has 0 aromatic carbocycles. The lowest BCUT2D eigenvalue weighted by Crippen LogP contribution is -2.23. The molecule has 2 N–H and O–H groups in total. The van der Waals surface area contributed by atoms with Crippen molar-refractivity contribution in [1.29, 1.82) is 0 Å². The third-order valence-electron chi connectivity index (χ3n) is 2.35. The van der Waals surface area contributed by atoms with Crippen molar-refractivity contribution >= 4 is 0 Å². The largest absolute Gasteiger partial charge is 0.387 e. The van der Waals surface area contributed by atoms with Gasteiger partial charge >= 0.3 is 0 Å². The molecule has 0 radical (unpaired) electrons. The van der Waals surface area contributed by atoms with Gasteiger partial charge < -0.3 is 9.84 Å². The van der Waals surface area contributed by atoms with Gasteiger partial charge in [-0.25, -0.2) is 0 Å². The van der Waals surface area contributed by atoms with E-state index in [0.717, 1.165) is 6.42 Å². The lowest BCUT2D eigenvalue weighted by atomic mass is 9.99. The van der Waals surface area contributed by atoms with Gasteiger partial charge in [0.05, 0.1) is 17.9 Å². The Morgan fingerprint density at radius 2 is 2.36 bits per heavy atom. The fourth-order valence-corrected chi connectivity index (χ4v) is 1.11. The SMILES string of the molecule is COC(C)(C)CCC(O)c1cn[nH]n1. The van der Waals surface area contributed by atoms with Crippen molar-refractivity contribution < 1.29 is 9.84 Å². The first-order valence-electron chi connectivity index (χ1n) is 4.64. The van der Waals surface area contributed by atoms with E-state index < -0.39 is 6.10 Å². The van der Waals surface area contributed by atoms with Crippen LogP contribution in [0, 0.1) is 0 Å². The Labute approximate surface area is 83.5 Å². The van der Waals surface area contributed by atoms with Gasteiger partial charge in [0.2, 0.25) is 0 Å². The van der Waals surface area contributed by atoms with E-state index in [1.165, 1.54) is 6.20 Å². The molecule has 0 amide bonds. The van der Waals surface area contributed by atoms with Gasteiger partial charge in [0, 0.05) is 7.11 Å². The zero-order valence-corrected chi connectivity index (χ0v) is 8.82. The standard InChI is InChI=1S/C9H17N3O2/c1-9(2,14-3)5-4-8(13)7-6-10-12-11-7/h6,8,13H,4-5H2,1-3H3,(H,10,11,12). The summed E-state index contributed by atoms with van der Waals surface area (Å²) < 4.78 is 5.25. The Morgan fingerprint density at radius 3 is 2.86 bits per heavy atom. The van der Waals surface area contributed by atoms with Crippen LogP contribution in [0.5, 0.6) is 0 Å². The van der Waals surface area contributed by atoms with Crippen molar-refractivity contribution in [2.75, 3.05) is 7.11 Å². The molecule has 5 heteroatoms. The highest BCUT2D eigenvalue weighted by Gasteiger charge is 2.19. The second-order valence-electron chi connectivity index (χ2n) is 3.91. The third-order valence-corrected chi connectivity index (χ3v) is 2.35. The van der Waals surface area contributed by atoms with Crippen LogP contribution in [0.2, 0.25) is 0 Å². The summed E-state index contributed by atoms with van der Waals surface area (Å²) in [7, 11) is 1.67. The lowest BCUT2D eigenvalue weighted by Gasteiger charge is -2.23. The molecule has 80 valence electrons. The van der Waals surface area contributed by atoms with E-state index in [1.54, 1.807) is 7.11 Å². The second-order valence-corrected chi connectivity index (χ2v) is 3.91. The highest BCUT2D eigenvalue weighted by atomic mass is 16.5. The van der Waals surface area contributed by atoms with Crippen molar-refractivity contribution in [1.82, 2.24) is 15.4 Å². The molecule has 1 rings (SSSR count). The molecule has 1 atom stereocenters. The van der Waals surface area contributed by atoms with E-state index >= 15 is 0 Å². The maximum absolute atomic E-state index is 9.69. The highest BCUT2D eigenvalue weighted by molar-refractivity contribution is 4.95. The van der Waals surface area contributed by atoms with Gasteiger partial charge in [-0.3, -0.25) is 0 Å². The number of nitrogens with zero attached hydrogens (tertiary/aromatic N) is 2. The van der Waals surface area contributed by atoms with E-state index in [1.807, 2.05) is 13.8 Å². The Morgan fingerprint density at radius 1 is 1.64 bits per heavy atom. The van der Waals surface area contributed by atoms with Gasteiger partial charge in [0.15, 0.2) is 0 Å². The van der Waals surface area contributed by atoms with Crippen molar-refractivity contribution in [2.24, 2.45) is 0 Å². The highest BCUT2D eigenvalue weighted by Crippen LogP contribution is 2.22. The number of aromatic nitrogens is 3. The molecule has 0 aliphatic rings. The molecule has 0 bridgehead atoms. The average Bonchev–Trinajstić information content (AvgIpc) is 2.67. The van der Waals surface area contributed by atoms with Gasteiger partial charge in [0.25, 0.3) is 0 Å². The maximum Gasteiger partial charge on any atom is 0.111 e. The summed E-state index contributed by atoms with van der Waals surface area (Å²) in [6.07, 6.45) is 2.36. The number of hydrogen-bond acceptors (Lipinski definition) is 4. The average molecular weight is 199 g/mol. The Balaban J connectivity index is 2.39. The van der Waals surface area contributed by atoms with Crippen LogP contribution in [-0.4, -0.2) is 33.2 Å². The van der Waals surface area contributed by atoms with Gasteiger partial charge in [-0.05, 0) is 26.7 Å². The van der Waals surface area contributed by atoms with Crippen LogP contribution >= 0.6 is 0 Å². The monoisotopic (exact) mass is 199 g/mol. The number of nitrogens with one attached hydrogen (secondary N) is 1. The summed E-state index contributed by atoms with van der Waals surface area (Å²) in [5.74, 6) is 0. The second kappa shape index (κ2) is 4.52. The molecule has 14 heavy (non-hydrogen) atoms. The van der Waals surface area contributed by atoms with Crippen LogP contribution in [0.25, 0.3) is 0 Å². The first-order valence-corrected chi connectivity index (χ1v) is 4.64. The molecule has 0 aliphatic carbocycles. The molecular formula is C9H17N3O2. The molecular weight excluding hydrogens is 182 g/mol. The van der Waals surface area contributed by atoms with Crippen molar-refractivity contribution in [3.8, 4) is 0 Å². The zero-order valence-electron chi connectivity index (χ0n) is 8.82. The number of ether oxygens (including phenoxy) is 1. The normalized spacial score (nSPS) is 14.3. The Kier molecular flexibility index (Phi) is 3.60. The van der Waals surface area contributed by atoms with E-state index in [9.17, 15) is 5.11 Å². The summed E-state index contributed by atoms with van der Waals surface area (Å²) >= 11 is 0. The minimum absolute atomic E-state index is 0.204. The molecule has 1 aromatic rings. The molecule has 0 spiro atoms. The number of aliphatic hydroxyl groups is 1. The van der Waals surface area contributed by atoms with Crippen LogP contribution in [0.15, 0.2) is 6.20 Å². The molecule has 1 heterocycles. The Bertz CT molecular complexity index is 259. The fourth-order valence-electron chi connectivity index (χ4n) is 1.11. The first-order chi connectivity index (χ1) is 6.55. The molecule has 0 aliphatic heterocycles. The van der Waals surface area contributed by atoms with E-state index in [2.05, 4.69) is 15.4 Å². The van der Waals surface area contributed by atoms with Crippen molar-refractivity contribution in [2.45, 2.75) is 38.4 Å². The van der Waals surface area contributed by atoms with Crippen LogP contribution in [-0.2, 0) is 4.74 Å². The van der Waals surface area contributed by atoms with E-state index in [-0.39, 0.29) is 5.60 Å². The molecule has 5 nitrogen and oxygen atoms in total. The third kappa shape index (κ3) is 3.08. The van der Waals surface area contributed by atoms with Crippen LogP contribution in [0.1, 0.15) is 38.5 Å². The van der Waals surface area contributed by atoms with Gasteiger partial charge in [0.1, 0.15) is 5.69 Å².